The van der Waals surface area contributed by atoms with Gasteiger partial charge in [0.25, 0.3) is 5.91 Å². The lowest BCUT2D eigenvalue weighted by atomic mass is 10.1. The van der Waals surface area contributed by atoms with Gasteiger partial charge in [-0.05, 0) is 37.6 Å². The van der Waals surface area contributed by atoms with E-state index in [0.717, 1.165) is 6.92 Å². The Balaban J connectivity index is 1.71. The highest BCUT2D eigenvalue weighted by Crippen LogP contribution is 2.25. The average molecular weight is 414 g/mol. The van der Waals surface area contributed by atoms with Crippen molar-refractivity contribution < 1.29 is 31.7 Å². The number of aromatic nitrogens is 1. The Morgan fingerprint density at radius 1 is 1.31 bits per heavy atom. The minimum atomic E-state index is -4.60. The van der Waals surface area contributed by atoms with Crippen LogP contribution in [0.25, 0.3) is 0 Å². The highest BCUT2D eigenvalue weighted by Gasteiger charge is 2.39. The molecule has 0 radical (unpaired) electrons. The maximum atomic E-state index is 13.4. The second-order valence-electron chi connectivity index (χ2n) is 6.74. The summed E-state index contributed by atoms with van der Waals surface area (Å²) < 4.78 is 56.3. The van der Waals surface area contributed by atoms with Crippen LogP contribution in [0.3, 0.4) is 0 Å². The molecule has 1 aliphatic rings. The Kier molecular flexibility index (Phi) is 5.49. The molecule has 1 aliphatic heterocycles. The molecular weight excluding hydrogens is 396 g/mol. The molecule has 0 saturated carbocycles. The standard InChI is InChI=1S/C18H18F4N4O3/c1-9-7-11(3-4-13(9)19)24-17(28)26-6-5-14-12(8-26)15(29-25-14)16(27)23-10(2)18(20,21)22/h3-4,7,10H,5-6,8H2,1-2H3,(H,23,27)(H,24,28)/t10-/m1/s1. The fourth-order valence-corrected chi connectivity index (χ4v) is 2.83. The first kappa shape index (κ1) is 20.6. The molecule has 156 valence electrons. The van der Waals surface area contributed by atoms with Gasteiger partial charge >= 0.3 is 12.2 Å². The van der Waals surface area contributed by atoms with Gasteiger partial charge in [-0.15, -0.1) is 0 Å². The van der Waals surface area contributed by atoms with Crippen LogP contribution in [-0.2, 0) is 13.0 Å². The highest BCUT2D eigenvalue weighted by atomic mass is 19.4. The number of anilines is 1. The molecule has 1 aromatic heterocycles. The summed E-state index contributed by atoms with van der Waals surface area (Å²) in [7, 11) is 0. The number of nitrogens with one attached hydrogen (secondary N) is 2. The number of urea groups is 1. The normalized spacial score (nSPS) is 14.9. The van der Waals surface area contributed by atoms with Crippen molar-refractivity contribution in [1.29, 1.82) is 0 Å². The maximum Gasteiger partial charge on any atom is 0.408 e. The summed E-state index contributed by atoms with van der Waals surface area (Å²) in [6.45, 7) is 2.58. The number of nitrogens with zero attached hydrogens (tertiary/aromatic N) is 2. The molecule has 11 heteroatoms. The fraction of sp³-hybridized carbons (Fsp3) is 0.389. The SMILES string of the molecule is Cc1cc(NC(=O)N2CCc3noc(C(=O)N[C@H](C)C(F)(F)F)c3C2)ccc1F. The third-order valence-corrected chi connectivity index (χ3v) is 4.58. The summed E-state index contributed by atoms with van der Waals surface area (Å²) in [6, 6.07) is 1.54. The van der Waals surface area contributed by atoms with Crippen molar-refractivity contribution in [2.45, 2.75) is 39.0 Å². The van der Waals surface area contributed by atoms with Gasteiger partial charge in [0, 0.05) is 24.2 Å². The van der Waals surface area contributed by atoms with Gasteiger partial charge in [0.1, 0.15) is 11.9 Å². The average Bonchev–Trinajstić information content (AvgIpc) is 3.07. The zero-order valence-corrected chi connectivity index (χ0v) is 15.6. The number of halogens is 4. The number of carbonyl (C=O) groups is 2. The molecular formula is C18H18F4N4O3. The van der Waals surface area contributed by atoms with E-state index in [0.29, 0.717) is 16.9 Å². The predicted octanol–water partition coefficient (Wildman–Crippen LogP) is 3.39. The van der Waals surface area contributed by atoms with Crippen LogP contribution in [0.4, 0.5) is 28.0 Å². The predicted molar refractivity (Wildman–Crippen MR) is 93.8 cm³/mol. The van der Waals surface area contributed by atoms with Crippen LogP contribution in [0, 0.1) is 12.7 Å². The van der Waals surface area contributed by atoms with E-state index in [9.17, 15) is 27.2 Å². The lowest BCUT2D eigenvalue weighted by Crippen LogP contribution is -2.44. The number of hydrogen-bond acceptors (Lipinski definition) is 4. The molecule has 2 heterocycles. The topological polar surface area (TPSA) is 87.5 Å². The largest absolute Gasteiger partial charge is 0.408 e. The molecule has 0 saturated heterocycles. The molecule has 0 fully saturated rings. The third-order valence-electron chi connectivity index (χ3n) is 4.58. The highest BCUT2D eigenvalue weighted by molar-refractivity contribution is 5.94. The van der Waals surface area contributed by atoms with E-state index < -0.39 is 30.0 Å². The number of amides is 3. The maximum absolute atomic E-state index is 13.4. The summed E-state index contributed by atoms with van der Waals surface area (Å²) in [6.07, 6.45) is -4.33. The van der Waals surface area contributed by atoms with E-state index in [2.05, 4.69) is 10.5 Å². The Labute approximate surface area is 163 Å². The van der Waals surface area contributed by atoms with Gasteiger partial charge in [0.15, 0.2) is 0 Å². The molecule has 3 amide bonds. The van der Waals surface area contributed by atoms with Crippen LogP contribution >= 0.6 is 0 Å². The number of carbonyl (C=O) groups excluding carboxylic acids is 2. The monoisotopic (exact) mass is 414 g/mol. The molecule has 1 aromatic carbocycles. The number of benzene rings is 1. The summed E-state index contributed by atoms with van der Waals surface area (Å²) in [5, 5.41) is 8.17. The van der Waals surface area contributed by atoms with E-state index in [-0.39, 0.29) is 30.8 Å². The van der Waals surface area contributed by atoms with E-state index in [4.69, 9.17) is 4.52 Å². The molecule has 7 nitrogen and oxygen atoms in total. The molecule has 29 heavy (non-hydrogen) atoms. The molecule has 0 spiro atoms. The number of alkyl halides is 3. The van der Waals surface area contributed by atoms with Crippen LogP contribution in [0.15, 0.2) is 22.7 Å². The molecule has 0 bridgehead atoms. The van der Waals surface area contributed by atoms with E-state index in [1.165, 1.54) is 23.1 Å². The number of aryl methyl sites for hydroxylation is 1. The first-order valence-corrected chi connectivity index (χ1v) is 8.73. The molecule has 0 aliphatic carbocycles. The molecule has 2 N–H and O–H groups in total. The van der Waals surface area contributed by atoms with Gasteiger partial charge in [-0.25, -0.2) is 9.18 Å². The van der Waals surface area contributed by atoms with Gasteiger partial charge in [0.2, 0.25) is 5.76 Å². The number of rotatable bonds is 3. The lowest BCUT2D eigenvalue weighted by molar-refractivity contribution is -0.149. The Morgan fingerprint density at radius 3 is 2.69 bits per heavy atom. The van der Waals surface area contributed by atoms with Crippen LogP contribution in [-0.4, -0.2) is 40.8 Å². The number of hydrogen-bond donors (Lipinski definition) is 2. The molecule has 3 rings (SSSR count). The van der Waals surface area contributed by atoms with Crippen molar-refractivity contribution in [2.24, 2.45) is 0 Å². The lowest BCUT2D eigenvalue weighted by Gasteiger charge is -2.26. The van der Waals surface area contributed by atoms with Gasteiger partial charge < -0.3 is 20.1 Å². The first-order valence-electron chi connectivity index (χ1n) is 8.73. The Bertz CT molecular complexity index is 942. The van der Waals surface area contributed by atoms with Gasteiger partial charge in [-0.2, -0.15) is 13.2 Å². The first-order chi connectivity index (χ1) is 13.6. The van der Waals surface area contributed by atoms with E-state index >= 15 is 0 Å². The summed E-state index contributed by atoms with van der Waals surface area (Å²) >= 11 is 0. The third kappa shape index (κ3) is 4.49. The molecule has 0 unspecified atom stereocenters. The Morgan fingerprint density at radius 2 is 2.03 bits per heavy atom. The minimum absolute atomic E-state index is 0.0615. The fourth-order valence-electron chi connectivity index (χ4n) is 2.83. The molecule has 1 atom stereocenters. The van der Waals surface area contributed by atoms with Gasteiger partial charge in [0.05, 0.1) is 12.2 Å². The summed E-state index contributed by atoms with van der Waals surface area (Å²) in [4.78, 5) is 26.0. The van der Waals surface area contributed by atoms with Crippen molar-refractivity contribution >= 4 is 17.6 Å². The van der Waals surface area contributed by atoms with Crippen molar-refractivity contribution in [3.8, 4) is 0 Å². The molecule has 2 aromatic rings. The number of fused-ring (bicyclic) bond motifs is 1. The Hall–Kier alpha value is -3.11. The summed E-state index contributed by atoms with van der Waals surface area (Å²) in [5.41, 5.74) is 1.42. The van der Waals surface area contributed by atoms with Crippen molar-refractivity contribution in [3.05, 3.63) is 46.6 Å². The van der Waals surface area contributed by atoms with Crippen LogP contribution in [0.1, 0.15) is 34.3 Å². The second kappa shape index (κ2) is 7.72. The van der Waals surface area contributed by atoms with Crippen LogP contribution in [0.5, 0.6) is 0 Å². The minimum Gasteiger partial charge on any atom is -0.350 e. The van der Waals surface area contributed by atoms with Crippen molar-refractivity contribution in [1.82, 2.24) is 15.4 Å². The van der Waals surface area contributed by atoms with E-state index in [1.807, 2.05) is 5.32 Å². The second-order valence-corrected chi connectivity index (χ2v) is 6.74. The zero-order valence-electron chi connectivity index (χ0n) is 15.6. The van der Waals surface area contributed by atoms with E-state index in [1.54, 1.807) is 6.92 Å². The van der Waals surface area contributed by atoms with Crippen molar-refractivity contribution in [2.75, 3.05) is 11.9 Å². The quantitative estimate of drug-likeness (QED) is 0.754. The summed E-state index contributed by atoms with van der Waals surface area (Å²) in [5.74, 6) is -1.81. The van der Waals surface area contributed by atoms with Crippen LogP contribution in [0.2, 0.25) is 0 Å². The zero-order chi connectivity index (χ0) is 21.3. The smallest absolute Gasteiger partial charge is 0.350 e. The van der Waals surface area contributed by atoms with Crippen LogP contribution < -0.4 is 10.6 Å². The van der Waals surface area contributed by atoms with Crippen molar-refractivity contribution in [3.63, 3.8) is 0 Å². The van der Waals surface area contributed by atoms with Gasteiger partial charge in [-0.3, -0.25) is 4.79 Å². The van der Waals surface area contributed by atoms with Gasteiger partial charge in [-0.1, -0.05) is 5.16 Å².